The maximum atomic E-state index is 8.65. The van der Waals surface area contributed by atoms with Crippen LogP contribution in [0.3, 0.4) is 0 Å². The van der Waals surface area contributed by atoms with E-state index in [1.165, 1.54) is 0 Å². The first-order valence-electron chi connectivity index (χ1n) is 5.22. The van der Waals surface area contributed by atoms with Crippen LogP contribution in [-0.4, -0.2) is 11.0 Å². The molecular weight excluding hydrogens is 206 g/mol. The van der Waals surface area contributed by atoms with E-state index in [4.69, 9.17) is 5.26 Å². The zero-order valence-electron chi connectivity index (χ0n) is 9.45. The minimum Gasteiger partial charge on any atom is -0.304 e. The van der Waals surface area contributed by atoms with Crippen molar-refractivity contribution in [1.82, 2.24) is 10.3 Å². The molecule has 1 N–H and O–H groups in total. The van der Waals surface area contributed by atoms with Crippen molar-refractivity contribution in [3.63, 3.8) is 0 Å². The third-order valence-electron chi connectivity index (χ3n) is 2.32. The van der Waals surface area contributed by atoms with E-state index in [9.17, 15) is 0 Å². The van der Waals surface area contributed by atoms with E-state index in [1.54, 1.807) is 11.3 Å². The summed E-state index contributed by atoms with van der Waals surface area (Å²) < 4.78 is 0. The first-order valence-corrected chi connectivity index (χ1v) is 6.10. The molecular formula is C11H17N3S. The van der Waals surface area contributed by atoms with Crippen molar-refractivity contribution in [2.24, 2.45) is 0 Å². The average molecular weight is 223 g/mol. The standard InChI is InChI=1S/C11H17N3S/c1-4-10(5-6-12)14-9(3)11-13-8(2)7-15-11/h7,9-10,14H,4-5H2,1-3H3. The smallest absolute Gasteiger partial charge is 0.110 e. The summed E-state index contributed by atoms with van der Waals surface area (Å²) in [6.45, 7) is 6.19. The molecule has 0 amide bonds. The van der Waals surface area contributed by atoms with E-state index in [0.717, 1.165) is 17.1 Å². The molecule has 0 saturated carbocycles. The summed E-state index contributed by atoms with van der Waals surface area (Å²) in [5.74, 6) is 0. The van der Waals surface area contributed by atoms with Crippen molar-refractivity contribution in [2.45, 2.75) is 45.7 Å². The molecule has 82 valence electrons. The van der Waals surface area contributed by atoms with Crippen molar-refractivity contribution >= 4 is 11.3 Å². The summed E-state index contributed by atoms with van der Waals surface area (Å²) in [5.41, 5.74) is 1.07. The van der Waals surface area contributed by atoms with Gasteiger partial charge in [0.05, 0.1) is 18.5 Å². The molecule has 0 fully saturated rings. The maximum Gasteiger partial charge on any atom is 0.110 e. The fourth-order valence-corrected chi connectivity index (χ4v) is 2.24. The molecule has 15 heavy (non-hydrogen) atoms. The number of nitrogens with zero attached hydrogens (tertiary/aromatic N) is 2. The van der Waals surface area contributed by atoms with Crippen LogP contribution in [0.15, 0.2) is 5.38 Å². The van der Waals surface area contributed by atoms with E-state index in [-0.39, 0.29) is 12.1 Å². The number of rotatable bonds is 5. The van der Waals surface area contributed by atoms with Crippen LogP contribution in [0, 0.1) is 18.3 Å². The number of hydrogen-bond acceptors (Lipinski definition) is 4. The van der Waals surface area contributed by atoms with Gasteiger partial charge in [-0.2, -0.15) is 5.26 Å². The third-order valence-corrected chi connectivity index (χ3v) is 3.47. The van der Waals surface area contributed by atoms with Crippen LogP contribution in [0.1, 0.15) is 43.4 Å². The molecule has 0 radical (unpaired) electrons. The largest absolute Gasteiger partial charge is 0.304 e. The molecule has 0 spiro atoms. The number of thiazole rings is 1. The zero-order valence-corrected chi connectivity index (χ0v) is 10.3. The first kappa shape index (κ1) is 12.2. The van der Waals surface area contributed by atoms with Crippen LogP contribution < -0.4 is 5.32 Å². The van der Waals surface area contributed by atoms with Crippen molar-refractivity contribution in [1.29, 1.82) is 5.26 Å². The Labute approximate surface area is 95.2 Å². The Bertz CT molecular complexity index is 340. The molecule has 1 rings (SSSR count). The fraction of sp³-hybridized carbons (Fsp3) is 0.636. The van der Waals surface area contributed by atoms with Gasteiger partial charge >= 0.3 is 0 Å². The van der Waals surface area contributed by atoms with E-state index in [2.05, 4.69) is 35.6 Å². The second-order valence-electron chi connectivity index (χ2n) is 3.68. The molecule has 1 aromatic rings. The molecule has 0 aliphatic rings. The number of nitriles is 1. The van der Waals surface area contributed by atoms with Crippen molar-refractivity contribution < 1.29 is 0 Å². The first-order chi connectivity index (χ1) is 7.17. The Balaban J connectivity index is 2.54. The van der Waals surface area contributed by atoms with Crippen LogP contribution >= 0.6 is 11.3 Å². The van der Waals surface area contributed by atoms with Crippen LogP contribution in [0.25, 0.3) is 0 Å². The van der Waals surface area contributed by atoms with Crippen molar-refractivity contribution in [2.75, 3.05) is 0 Å². The predicted octanol–water partition coefficient (Wildman–Crippen LogP) is 2.79. The molecule has 1 heterocycles. The Kier molecular flexibility index (Phi) is 4.73. The van der Waals surface area contributed by atoms with Gasteiger partial charge in [-0.05, 0) is 20.3 Å². The van der Waals surface area contributed by atoms with E-state index < -0.39 is 0 Å². The van der Waals surface area contributed by atoms with Gasteiger partial charge in [-0.3, -0.25) is 0 Å². The lowest BCUT2D eigenvalue weighted by Gasteiger charge is -2.18. The Morgan fingerprint density at radius 1 is 1.67 bits per heavy atom. The summed E-state index contributed by atoms with van der Waals surface area (Å²) in [6.07, 6.45) is 1.54. The number of aromatic nitrogens is 1. The fourth-order valence-electron chi connectivity index (χ4n) is 1.43. The van der Waals surface area contributed by atoms with E-state index in [0.29, 0.717) is 6.42 Å². The van der Waals surface area contributed by atoms with Gasteiger partial charge in [0.1, 0.15) is 5.01 Å². The lowest BCUT2D eigenvalue weighted by atomic mass is 10.1. The molecule has 0 bridgehead atoms. The second kappa shape index (κ2) is 5.84. The number of aryl methyl sites for hydroxylation is 1. The highest BCUT2D eigenvalue weighted by molar-refractivity contribution is 7.09. The predicted molar refractivity (Wildman–Crippen MR) is 62.7 cm³/mol. The topological polar surface area (TPSA) is 48.7 Å². The van der Waals surface area contributed by atoms with E-state index in [1.807, 2.05) is 6.92 Å². The highest BCUT2D eigenvalue weighted by Gasteiger charge is 2.13. The van der Waals surface area contributed by atoms with Gasteiger partial charge in [0, 0.05) is 17.1 Å². The Morgan fingerprint density at radius 3 is 2.87 bits per heavy atom. The molecule has 0 aliphatic carbocycles. The quantitative estimate of drug-likeness (QED) is 0.835. The number of nitrogens with one attached hydrogen (secondary N) is 1. The van der Waals surface area contributed by atoms with Crippen LogP contribution in [0.4, 0.5) is 0 Å². The van der Waals surface area contributed by atoms with Gasteiger partial charge in [-0.15, -0.1) is 11.3 Å². The molecule has 2 unspecified atom stereocenters. The van der Waals surface area contributed by atoms with Gasteiger partial charge in [0.2, 0.25) is 0 Å². The van der Waals surface area contributed by atoms with Crippen molar-refractivity contribution in [3.8, 4) is 6.07 Å². The normalized spacial score (nSPS) is 14.5. The number of hydrogen-bond donors (Lipinski definition) is 1. The SMILES string of the molecule is CCC(CC#N)NC(C)c1nc(C)cs1. The molecule has 0 aromatic carbocycles. The molecule has 4 heteroatoms. The van der Waals surface area contributed by atoms with Gasteiger partial charge in [0.15, 0.2) is 0 Å². The minimum absolute atomic E-state index is 0.238. The summed E-state index contributed by atoms with van der Waals surface area (Å²) in [7, 11) is 0. The highest BCUT2D eigenvalue weighted by atomic mass is 32.1. The van der Waals surface area contributed by atoms with Gasteiger partial charge in [-0.1, -0.05) is 6.92 Å². The average Bonchev–Trinajstić information content (AvgIpc) is 2.64. The Hall–Kier alpha value is -0.920. The molecule has 2 atom stereocenters. The lowest BCUT2D eigenvalue weighted by molar-refractivity contribution is 0.446. The summed E-state index contributed by atoms with van der Waals surface area (Å²) in [6, 6.07) is 2.71. The Morgan fingerprint density at radius 2 is 2.40 bits per heavy atom. The zero-order chi connectivity index (χ0) is 11.3. The third kappa shape index (κ3) is 3.61. The summed E-state index contributed by atoms with van der Waals surface area (Å²) >= 11 is 1.67. The van der Waals surface area contributed by atoms with E-state index >= 15 is 0 Å². The monoisotopic (exact) mass is 223 g/mol. The maximum absolute atomic E-state index is 8.65. The minimum atomic E-state index is 0.238. The highest BCUT2D eigenvalue weighted by Crippen LogP contribution is 2.18. The van der Waals surface area contributed by atoms with Gasteiger partial charge in [0.25, 0.3) is 0 Å². The summed E-state index contributed by atoms with van der Waals surface area (Å²) in [5, 5.41) is 15.2. The van der Waals surface area contributed by atoms with Crippen molar-refractivity contribution in [3.05, 3.63) is 16.1 Å². The lowest BCUT2D eigenvalue weighted by Crippen LogP contribution is -2.30. The summed E-state index contributed by atoms with van der Waals surface area (Å²) in [4.78, 5) is 4.43. The van der Waals surface area contributed by atoms with Crippen LogP contribution in [0.5, 0.6) is 0 Å². The molecule has 0 aliphatic heterocycles. The second-order valence-corrected chi connectivity index (χ2v) is 4.57. The molecule has 1 aromatic heterocycles. The van der Waals surface area contributed by atoms with Gasteiger partial charge in [-0.25, -0.2) is 4.98 Å². The molecule has 0 saturated heterocycles. The van der Waals surface area contributed by atoms with Crippen LogP contribution in [-0.2, 0) is 0 Å². The van der Waals surface area contributed by atoms with Crippen LogP contribution in [0.2, 0.25) is 0 Å². The van der Waals surface area contributed by atoms with Gasteiger partial charge < -0.3 is 5.32 Å². The molecule has 3 nitrogen and oxygen atoms in total.